The maximum absolute atomic E-state index is 13.1. The third-order valence-corrected chi connectivity index (χ3v) is 7.83. The van der Waals surface area contributed by atoms with E-state index in [0.29, 0.717) is 0 Å². The summed E-state index contributed by atoms with van der Waals surface area (Å²) in [5, 5.41) is 0. The largest absolute Gasteiger partial charge is 0.347 e. The van der Waals surface area contributed by atoms with Crippen LogP contribution >= 0.6 is 0 Å². The number of aromatic nitrogens is 3. The van der Waals surface area contributed by atoms with Gasteiger partial charge in [-0.3, -0.25) is 0 Å². The average Bonchev–Trinajstić information content (AvgIpc) is 3.10. The zero-order chi connectivity index (χ0) is 23.0. The summed E-state index contributed by atoms with van der Waals surface area (Å²) in [4.78, 5) is 26.1. The maximum Gasteiger partial charge on any atom is 0.347 e. The molecule has 1 aliphatic heterocycles. The van der Waals surface area contributed by atoms with Gasteiger partial charge in [0.2, 0.25) is 0 Å². The van der Waals surface area contributed by atoms with Gasteiger partial charge in [0.15, 0.2) is 0 Å². The first-order chi connectivity index (χ1) is 16.7. The van der Waals surface area contributed by atoms with Crippen molar-refractivity contribution in [2.75, 3.05) is 0 Å². The molecule has 0 spiro atoms. The molecule has 2 atom stereocenters. The van der Waals surface area contributed by atoms with E-state index in [1.165, 1.54) is 32.4 Å². The second-order valence-electron chi connectivity index (χ2n) is 9.36. The normalized spacial score (nSPS) is 23.4. The molecule has 2 bridgehead atoms. The fraction of sp³-hybridized carbons (Fsp3) is 0.172. The summed E-state index contributed by atoms with van der Waals surface area (Å²) in [5.41, 5.74) is 5.22. The van der Waals surface area contributed by atoms with Crippen LogP contribution in [0.4, 0.5) is 0 Å². The summed E-state index contributed by atoms with van der Waals surface area (Å²) in [6.45, 7) is 0. The summed E-state index contributed by atoms with van der Waals surface area (Å²) in [6.07, 6.45) is 4.23. The van der Waals surface area contributed by atoms with Crippen LogP contribution in [-0.2, 0) is 12.5 Å². The Balaban J connectivity index is 1.51. The number of fused-ring (bicyclic) bond motifs is 5. The molecule has 0 saturated carbocycles. The lowest BCUT2D eigenvalue weighted by Gasteiger charge is -2.31. The van der Waals surface area contributed by atoms with Crippen LogP contribution in [0.1, 0.15) is 28.8 Å². The van der Waals surface area contributed by atoms with Gasteiger partial charge in [0.05, 0.1) is 17.5 Å². The van der Waals surface area contributed by atoms with Crippen LogP contribution in [0.3, 0.4) is 0 Å². The highest BCUT2D eigenvalue weighted by Crippen LogP contribution is 2.73. The molecule has 4 aromatic rings. The molecule has 0 amide bonds. The van der Waals surface area contributed by atoms with Gasteiger partial charge in [-0.25, -0.2) is 23.5 Å². The SMILES string of the molecule is Cn1c(=O)n2n(c1=O)[C@H]1C=C[C@H]2C1C1(c2ccccc2)C(c2ccccc2)=C1c1ccccc1. The van der Waals surface area contributed by atoms with Gasteiger partial charge in [0.25, 0.3) is 0 Å². The lowest BCUT2D eigenvalue weighted by molar-refractivity contribution is 0.370. The summed E-state index contributed by atoms with van der Waals surface area (Å²) in [5.74, 6) is 0.00177. The summed E-state index contributed by atoms with van der Waals surface area (Å²) in [7, 11) is 1.56. The van der Waals surface area contributed by atoms with Gasteiger partial charge in [-0.1, -0.05) is 103 Å². The van der Waals surface area contributed by atoms with Gasteiger partial charge in [-0.15, -0.1) is 0 Å². The Bertz CT molecular complexity index is 1510. The number of nitrogens with zero attached hydrogens (tertiary/aromatic N) is 3. The summed E-state index contributed by atoms with van der Waals surface area (Å²) >= 11 is 0. The molecule has 0 N–H and O–H groups in total. The smallest absolute Gasteiger partial charge is 0.246 e. The highest BCUT2D eigenvalue weighted by atomic mass is 16.2. The van der Waals surface area contributed by atoms with Crippen LogP contribution in [0.5, 0.6) is 0 Å². The molecule has 2 aliphatic carbocycles. The van der Waals surface area contributed by atoms with E-state index in [-0.39, 0.29) is 29.4 Å². The minimum absolute atomic E-state index is 0.00177. The molecule has 0 saturated heterocycles. The quantitative estimate of drug-likeness (QED) is 0.442. The molecular weight excluding hydrogens is 422 g/mol. The number of hydrogen-bond acceptors (Lipinski definition) is 2. The summed E-state index contributed by atoms with van der Waals surface area (Å²) < 4.78 is 4.56. The van der Waals surface area contributed by atoms with Crippen molar-refractivity contribution in [3.8, 4) is 0 Å². The number of benzene rings is 3. The van der Waals surface area contributed by atoms with Crippen molar-refractivity contribution in [3.05, 3.63) is 141 Å². The van der Waals surface area contributed by atoms with Gasteiger partial charge >= 0.3 is 11.4 Å². The monoisotopic (exact) mass is 445 g/mol. The Hall–Kier alpha value is -4.12. The van der Waals surface area contributed by atoms with Gasteiger partial charge in [-0.2, -0.15) is 0 Å². The van der Waals surface area contributed by atoms with Gasteiger partial charge in [-0.05, 0) is 27.8 Å². The zero-order valence-corrected chi connectivity index (χ0v) is 18.7. The van der Waals surface area contributed by atoms with Crippen LogP contribution in [0.2, 0.25) is 0 Å². The lowest BCUT2D eigenvalue weighted by atomic mass is 9.71. The van der Waals surface area contributed by atoms with Gasteiger partial charge in [0.1, 0.15) is 0 Å². The molecule has 166 valence electrons. The molecule has 34 heavy (non-hydrogen) atoms. The van der Waals surface area contributed by atoms with Crippen LogP contribution in [-0.4, -0.2) is 13.9 Å². The number of rotatable bonds is 4. The zero-order valence-electron chi connectivity index (χ0n) is 18.7. The molecule has 3 aromatic carbocycles. The average molecular weight is 446 g/mol. The third-order valence-electron chi connectivity index (χ3n) is 7.83. The molecule has 2 heterocycles. The van der Waals surface area contributed by atoms with E-state index < -0.39 is 5.41 Å². The van der Waals surface area contributed by atoms with E-state index in [1.807, 2.05) is 18.2 Å². The molecule has 5 nitrogen and oxygen atoms in total. The minimum Gasteiger partial charge on any atom is -0.246 e. The topological polar surface area (TPSA) is 48.9 Å². The van der Waals surface area contributed by atoms with Crippen LogP contribution in [0.15, 0.2) is 113 Å². The third kappa shape index (κ3) is 2.24. The molecule has 0 fully saturated rings. The lowest BCUT2D eigenvalue weighted by Crippen LogP contribution is -2.35. The van der Waals surface area contributed by atoms with E-state index in [0.717, 1.165) is 0 Å². The predicted octanol–water partition coefficient (Wildman–Crippen LogP) is 4.19. The number of hydrogen-bond donors (Lipinski definition) is 0. The Morgan fingerprint density at radius 2 is 1.03 bits per heavy atom. The standard InChI is InChI=1S/C29H23N3O2/c1-30-27(33)31-22-17-18-23(32(31)28(30)34)26(22)29(21-15-9-4-10-16-21)24(19-11-5-2-6-12-19)25(29)20-13-7-3-8-14-20/h2-18,22-23,26H,1H3/t22-,23-/m0/s1. The van der Waals surface area contributed by atoms with Crippen molar-refractivity contribution in [2.45, 2.75) is 17.5 Å². The predicted molar refractivity (Wildman–Crippen MR) is 132 cm³/mol. The Labute approximate surface area is 196 Å². The van der Waals surface area contributed by atoms with Gasteiger partial charge in [0, 0.05) is 13.0 Å². The molecule has 0 unspecified atom stereocenters. The maximum atomic E-state index is 13.1. The Morgan fingerprint density at radius 3 is 1.47 bits per heavy atom. The Kier molecular flexibility index (Phi) is 3.82. The molecule has 5 heteroatoms. The van der Waals surface area contributed by atoms with E-state index in [2.05, 4.69) is 84.9 Å². The molecule has 3 aliphatic rings. The van der Waals surface area contributed by atoms with Crippen molar-refractivity contribution in [3.63, 3.8) is 0 Å². The van der Waals surface area contributed by atoms with Crippen molar-refractivity contribution < 1.29 is 0 Å². The first kappa shape index (κ1) is 19.4. The first-order valence-corrected chi connectivity index (χ1v) is 11.7. The number of allylic oxidation sites excluding steroid dienone is 4. The van der Waals surface area contributed by atoms with Crippen LogP contribution < -0.4 is 11.4 Å². The fourth-order valence-electron chi connectivity index (χ4n) is 6.53. The molecule has 7 rings (SSSR count). The first-order valence-electron chi connectivity index (χ1n) is 11.7. The Morgan fingerprint density at radius 1 is 0.618 bits per heavy atom. The summed E-state index contributed by atoms with van der Waals surface area (Å²) in [6, 6.07) is 31.2. The van der Waals surface area contributed by atoms with Crippen molar-refractivity contribution in [2.24, 2.45) is 13.0 Å². The molecule has 1 aromatic heterocycles. The minimum atomic E-state index is -0.410. The van der Waals surface area contributed by atoms with Crippen molar-refractivity contribution >= 4 is 11.1 Å². The second kappa shape index (κ2) is 6.70. The van der Waals surface area contributed by atoms with Gasteiger partial charge < -0.3 is 0 Å². The van der Waals surface area contributed by atoms with Crippen molar-refractivity contribution in [1.82, 2.24) is 13.9 Å². The van der Waals surface area contributed by atoms with Crippen LogP contribution in [0.25, 0.3) is 11.1 Å². The van der Waals surface area contributed by atoms with Crippen molar-refractivity contribution in [1.29, 1.82) is 0 Å². The highest BCUT2D eigenvalue weighted by Gasteiger charge is 2.67. The fourth-order valence-corrected chi connectivity index (χ4v) is 6.53. The van der Waals surface area contributed by atoms with Crippen LogP contribution in [0, 0.1) is 5.92 Å². The molecule has 0 radical (unpaired) electrons. The highest BCUT2D eigenvalue weighted by molar-refractivity contribution is 6.19. The second-order valence-corrected chi connectivity index (χ2v) is 9.36. The van der Waals surface area contributed by atoms with E-state index in [1.54, 1.807) is 16.4 Å². The van der Waals surface area contributed by atoms with E-state index in [9.17, 15) is 9.59 Å². The molecular formula is C29H23N3O2. The van der Waals surface area contributed by atoms with E-state index >= 15 is 0 Å². The van der Waals surface area contributed by atoms with E-state index in [4.69, 9.17) is 0 Å².